The quantitative estimate of drug-likeness (QED) is 0.0444. The number of thiazole rings is 5. The number of nitrogens with zero attached hydrogens (tertiary/aromatic N) is 8. The number of hydrogen-bond donors (Lipinski definition) is 9. The molecule has 1 aromatic carbocycles. The average molecular weight is 1440 g/mol. The molecule has 5 aliphatic heterocycles. The highest BCUT2D eigenvalue weighted by Gasteiger charge is 2.54. The number of primary amides is 1. The maximum atomic E-state index is 15.2. The largest absolute Gasteiger partial charge is 0.506 e. The molecule has 7 aromatic heterocycles. The van der Waals surface area contributed by atoms with Gasteiger partial charge in [-0.05, 0) is 52.4 Å². The van der Waals surface area contributed by atoms with Crippen molar-refractivity contribution in [3.63, 3.8) is 0 Å². The number of cyclic esters (lactones) is 2. The molecule has 10 atom stereocenters. The fourth-order valence-corrected chi connectivity index (χ4v) is 16.2. The molecule has 0 unspecified atom stereocenters. The lowest BCUT2D eigenvalue weighted by atomic mass is 9.86. The molecule has 5 aliphatic rings. The van der Waals surface area contributed by atoms with Gasteiger partial charge in [0.1, 0.15) is 120 Å². The number of aliphatic hydroxyl groups is 1. The zero-order chi connectivity index (χ0) is 69.3. The van der Waals surface area contributed by atoms with Gasteiger partial charge in [0.25, 0.3) is 29.5 Å². The van der Waals surface area contributed by atoms with Crippen LogP contribution in [0.25, 0.3) is 49.3 Å². The van der Waals surface area contributed by atoms with Crippen molar-refractivity contribution in [2.24, 2.45) is 5.73 Å². The highest BCUT2D eigenvalue weighted by Crippen LogP contribution is 2.44. The van der Waals surface area contributed by atoms with Gasteiger partial charge in [0.05, 0.1) is 55.5 Å². The number of aromatic hydroxyl groups is 1. The molecule has 2 fully saturated rings. The average Bonchev–Trinajstić information content (AvgIpc) is 1.63. The monoisotopic (exact) mass is 1430 g/mol. The van der Waals surface area contributed by atoms with Crippen molar-refractivity contribution in [2.75, 3.05) is 27.5 Å². The van der Waals surface area contributed by atoms with Crippen LogP contribution in [0.3, 0.4) is 0 Å². The van der Waals surface area contributed by atoms with Crippen LogP contribution in [0.15, 0.2) is 69.2 Å². The van der Waals surface area contributed by atoms with Gasteiger partial charge in [0, 0.05) is 49.8 Å². The highest BCUT2D eigenvalue weighted by molar-refractivity contribution is 7.14. The number of ether oxygens (including phenoxy) is 7. The molecule has 12 bridgehead atoms. The molecule has 510 valence electrons. The number of nitrogens with two attached hydrogens (primary N) is 1. The Labute approximate surface area is 573 Å². The van der Waals surface area contributed by atoms with E-state index in [0.29, 0.717) is 10.3 Å². The zero-order valence-electron chi connectivity index (χ0n) is 52.3. The predicted octanol–water partition coefficient (Wildman–Crippen LogP) is 4.26. The molecule has 0 saturated carbocycles. The Morgan fingerprint density at radius 2 is 1.54 bits per heavy atom. The first-order chi connectivity index (χ1) is 46.9. The number of carbonyl (C=O) groups excluding carboxylic acids is 8. The molecular formula is C61H58N14O18S5. The van der Waals surface area contributed by atoms with E-state index in [4.69, 9.17) is 53.8 Å². The molecule has 0 radical (unpaired) electrons. The van der Waals surface area contributed by atoms with Crippen molar-refractivity contribution in [1.82, 2.24) is 66.1 Å². The highest BCUT2D eigenvalue weighted by atomic mass is 32.1. The summed E-state index contributed by atoms with van der Waals surface area (Å²) in [6, 6.07) is 1.10. The van der Waals surface area contributed by atoms with Crippen LogP contribution in [-0.4, -0.2) is 178 Å². The Morgan fingerprint density at radius 1 is 0.857 bits per heavy atom. The molecular weight excluding hydrogens is 1380 g/mol. The fourth-order valence-electron chi connectivity index (χ4n) is 12.0. The Bertz CT molecular complexity index is 4650. The maximum Gasteiger partial charge on any atom is 0.358 e. The number of likely N-dealkylation sites (N-methyl/N-ethyl adjacent to an activating group) is 1. The standard InChI is InChI=1S/C61H58N14O18S5/c1-22(48(62)78)63-49(79)31-18-97-57(68-31)42-36(77)11-27-41(70-42)30-16-95-55(65-30)29-15-90-59(84)44-28-14-88-45(46(60(85)89-13-26-9-8-10-35(38(26)28)75(44)86)93-37-12-61(5)47(25(4)92-37)74(6)21-91-61)43(58-69-32(19-98-58)50(80)64-29)73-52(82)34-20-96-56(67-34)40(24(3)87-7)72-53(83)39(23(2)76)71-51(81)33-17-94-54(27)66-33/h8-11,16-20,23,25,29,37,39,43,45-47,76-77,86H,1,12-15,21H2,2-7H3,(H2,62,78)(H,63,79)(H,64,80)(H,71,81)(H,72,83)(H,73,82)/b40-24+/t23-,25+,29+,37+,39-,43+,45+,46+,47-,61+/m1/s1. The van der Waals surface area contributed by atoms with Gasteiger partial charge in [-0.2, -0.15) is 4.73 Å². The summed E-state index contributed by atoms with van der Waals surface area (Å²) in [5.74, 6) is -8.11. The Kier molecular flexibility index (Phi) is 18.3. The molecule has 37 heteroatoms. The van der Waals surface area contributed by atoms with E-state index in [1.807, 2.05) is 25.8 Å². The summed E-state index contributed by atoms with van der Waals surface area (Å²) in [6.07, 6.45) is -6.77. The minimum absolute atomic E-state index is 0.00256. The Hall–Kier alpha value is -9.54. The van der Waals surface area contributed by atoms with Crippen molar-refractivity contribution < 1.29 is 86.9 Å². The van der Waals surface area contributed by atoms with Gasteiger partial charge in [-0.15, -0.1) is 56.7 Å². The third-order valence-electron chi connectivity index (χ3n) is 16.8. The minimum atomic E-state index is -1.84. The lowest BCUT2D eigenvalue weighted by Crippen LogP contribution is -2.58. The van der Waals surface area contributed by atoms with Crippen LogP contribution in [0.2, 0.25) is 0 Å². The number of methoxy groups -OCH3 is 1. The number of hydrogen-bond acceptors (Lipinski definition) is 30. The van der Waals surface area contributed by atoms with E-state index >= 15 is 14.4 Å². The summed E-state index contributed by atoms with van der Waals surface area (Å²) >= 11 is 4.53. The van der Waals surface area contributed by atoms with E-state index in [0.717, 1.165) is 56.7 Å². The van der Waals surface area contributed by atoms with Crippen LogP contribution in [0.4, 0.5) is 0 Å². The number of allylic oxidation sites excluding steroid dienone is 1. The van der Waals surface area contributed by atoms with E-state index in [2.05, 4.69) is 48.1 Å². The van der Waals surface area contributed by atoms with E-state index in [1.165, 1.54) is 60.0 Å². The van der Waals surface area contributed by atoms with Crippen molar-refractivity contribution >= 4 is 121 Å². The molecule has 12 heterocycles. The molecule has 6 amide bonds. The lowest BCUT2D eigenvalue weighted by Gasteiger charge is -2.45. The van der Waals surface area contributed by atoms with Crippen LogP contribution in [0, 0.1) is 0 Å². The van der Waals surface area contributed by atoms with Crippen molar-refractivity contribution in [2.45, 2.75) is 108 Å². The number of nitrogens with one attached hydrogen (secondary N) is 5. The van der Waals surface area contributed by atoms with Gasteiger partial charge >= 0.3 is 11.9 Å². The molecule has 2 saturated heterocycles. The number of fused-ring (bicyclic) bond motifs is 16. The second-order valence-corrected chi connectivity index (χ2v) is 27.7. The topological polar surface area (TPSA) is 434 Å². The van der Waals surface area contributed by atoms with Gasteiger partial charge in [0.2, 0.25) is 5.91 Å². The predicted molar refractivity (Wildman–Crippen MR) is 348 cm³/mol. The second kappa shape index (κ2) is 26.7. The molecule has 8 aromatic rings. The van der Waals surface area contributed by atoms with Crippen molar-refractivity contribution in [3.8, 4) is 38.4 Å². The number of carbonyl (C=O) groups is 8. The van der Waals surface area contributed by atoms with E-state index in [-0.39, 0.29) is 118 Å². The van der Waals surface area contributed by atoms with Crippen molar-refractivity contribution in [3.05, 3.63) is 124 Å². The minimum Gasteiger partial charge on any atom is -0.506 e. The number of pyridine rings is 1. The first-order valence-corrected chi connectivity index (χ1v) is 34.2. The van der Waals surface area contributed by atoms with Crippen LogP contribution in [-0.2, 0) is 60.8 Å². The van der Waals surface area contributed by atoms with E-state index < -0.39 is 139 Å². The smallest absolute Gasteiger partial charge is 0.358 e. The third kappa shape index (κ3) is 12.6. The van der Waals surface area contributed by atoms with Gasteiger partial charge in [-0.25, -0.2) is 39.5 Å². The maximum absolute atomic E-state index is 15.2. The van der Waals surface area contributed by atoms with Crippen LogP contribution < -0.4 is 32.3 Å². The zero-order valence-corrected chi connectivity index (χ0v) is 56.4. The van der Waals surface area contributed by atoms with Gasteiger partial charge in [0.15, 0.2) is 18.1 Å². The van der Waals surface area contributed by atoms with Crippen LogP contribution >= 0.6 is 56.7 Å². The Morgan fingerprint density at radius 3 is 2.30 bits per heavy atom. The number of aliphatic hydroxyl groups excluding tert-OH is 1. The first-order valence-electron chi connectivity index (χ1n) is 29.8. The number of amides is 6. The number of rotatable bonds is 8. The fraction of sp³-hybridized carbons (Fsp3) is 0.344. The second-order valence-electron chi connectivity index (χ2n) is 23.3. The number of aromatic nitrogens is 7. The SMILES string of the molecule is C=C(NC(=O)c1csc(-c2nc3c(cc2O)-c2nc(cs2)C(=O)N[C@H]([C@@H](C)O)C(=O)N/C(=C(\C)OC)c2nc(cs2)C(=O)N[C@@H]2c4nc(cs4)C(=O)N[C@@H](COC(=O)c4c5c6c(cccc6n4O)COC(=O)[C@@H](O[C@H]4C[C@]6(C)OCN(C)[C@@H]6[C@H](C)O4)[C@H]2OC5)c2nc-3cs2)n1)C(N)=O. The molecule has 13 rings (SSSR count). The van der Waals surface area contributed by atoms with E-state index in [9.17, 15) is 39.4 Å². The molecule has 0 aliphatic carbocycles. The summed E-state index contributed by atoms with van der Waals surface area (Å²) in [5.41, 5.74) is 2.86. The number of esters is 2. The summed E-state index contributed by atoms with van der Waals surface area (Å²) in [5, 5.41) is 55.6. The number of benzene rings is 1. The summed E-state index contributed by atoms with van der Waals surface area (Å²) < 4.78 is 44.9. The summed E-state index contributed by atoms with van der Waals surface area (Å²) in [7, 11) is 3.20. The van der Waals surface area contributed by atoms with Gasteiger partial charge in [-0.3, -0.25) is 33.7 Å². The first kappa shape index (κ1) is 67.0. The Balaban J connectivity index is 0.984. The summed E-state index contributed by atoms with van der Waals surface area (Å²) in [4.78, 5) is 144. The molecule has 0 spiro atoms. The van der Waals surface area contributed by atoms with Gasteiger partial charge < -0.3 is 80.9 Å². The normalized spacial score (nSPS) is 24.7. The van der Waals surface area contributed by atoms with E-state index in [1.54, 1.807) is 12.1 Å². The summed E-state index contributed by atoms with van der Waals surface area (Å²) in [6.45, 7) is 8.48. The van der Waals surface area contributed by atoms with Crippen molar-refractivity contribution in [1.29, 1.82) is 0 Å². The van der Waals surface area contributed by atoms with Crippen LogP contribution in [0.1, 0.15) is 125 Å². The van der Waals surface area contributed by atoms with Crippen LogP contribution in [0.5, 0.6) is 5.75 Å². The molecule has 32 nitrogen and oxygen atoms in total. The van der Waals surface area contributed by atoms with Gasteiger partial charge in [-0.1, -0.05) is 18.7 Å². The molecule has 98 heavy (non-hydrogen) atoms. The lowest BCUT2D eigenvalue weighted by molar-refractivity contribution is -0.268. The molecule has 10 N–H and O–H groups in total. The third-order valence-corrected chi connectivity index (χ3v) is 21.3.